The molecule has 0 fully saturated rings. The highest BCUT2D eigenvalue weighted by Gasteiger charge is 2.33. The van der Waals surface area contributed by atoms with E-state index in [-0.39, 0.29) is 25.0 Å². The Balaban J connectivity index is 1.74. The average Bonchev–Trinajstić information content (AvgIpc) is 3.47. The molecule has 1 aromatic heterocycles. The number of aliphatic carboxylic acids is 1. The Morgan fingerprint density at radius 3 is 2.08 bits per heavy atom. The lowest BCUT2D eigenvalue weighted by Crippen LogP contribution is -2.61. The van der Waals surface area contributed by atoms with Crippen molar-refractivity contribution in [2.24, 2.45) is 11.5 Å². The summed E-state index contributed by atoms with van der Waals surface area (Å²) in [5.41, 5.74) is 14.3. The Hall–Kier alpha value is -4.44. The molecular weight excluding hydrogens is 638 g/mol. The highest BCUT2D eigenvalue weighted by Crippen LogP contribution is 2.19. The summed E-state index contributed by atoms with van der Waals surface area (Å²) >= 11 is 3.98. The van der Waals surface area contributed by atoms with E-state index < -0.39 is 65.9 Å². The zero-order chi connectivity index (χ0) is 35.2. The molecule has 2 aromatic carbocycles. The van der Waals surface area contributed by atoms with Gasteiger partial charge in [0.15, 0.2) is 0 Å². The van der Waals surface area contributed by atoms with Gasteiger partial charge in [0.1, 0.15) is 24.2 Å². The molecule has 260 valence electrons. The third-order valence-electron chi connectivity index (χ3n) is 7.81. The largest absolute Gasteiger partial charge is 0.480 e. The van der Waals surface area contributed by atoms with Crippen LogP contribution in [-0.2, 0) is 36.8 Å². The molecule has 11 N–H and O–H groups in total. The normalized spacial score (nSPS) is 14.9. The minimum atomic E-state index is -1.53. The van der Waals surface area contributed by atoms with Gasteiger partial charge in [0.05, 0.1) is 12.1 Å². The molecule has 4 amide bonds. The summed E-state index contributed by atoms with van der Waals surface area (Å²) < 4.78 is 0. The number of nitrogens with two attached hydrogens (primary N) is 2. The Morgan fingerprint density at radius 1 is 0.812 bits per heavy atom. The highest BCUT2D eigenvalue weighted by molar-refractivity contribution is 7.80. The van der Waals surface area contributed by atoms with Crippen molar-refractivity contribution < 1.29 is 34.2 Å². The van der Waals surface area contributed by atoms with E-state index in [1.807, 2.05) is 24.3 Å². The molecule has 15 heteroatoms. The van der Waals surface area contributed by atoms with E-state index in [1.165, 1.54) is 6.92 Å². The smallest absolute Gasteiger partial charge is 0.327 e. The maximum Gasteiger partial charge on any atom is 0.327 e. The van der Waals surface area contributed by atoms with E-state index in [4.69, 9.17) is 11.5 Å². The molecule has 0 aliphatic rings. The number of rotatable bonds is 19. The quantitative estimate of drug-likeness (QED) is 0.0591. The van der Waals surface area contributed by atoms with Crippen LogP contribution in [0, 0.1) is 0 Å². The molecular formula is C33H45N7O7S. The number of unbranched alkanes of at least 4 members (excludes halogenated alkanes) is 1. The molecule has 0 saturated heterocycles. The molecule has 3 aromatic rings. The zero-order valence-corrected chi connectivity index (χ0v) is 27.6. The first-order chi connectivity index (χ1) is 22.9. The number of carboxylic acids is 1. The number of carbonyl (C=O) groups is 5. The van der Waals surface area contributed by atoms with Gasteiger partial charge in [-0.1, -0.05) is 48.5 Å². The van der Waals surface area contributed by atoms with Crippen molar-refractivity contribution in [2.45, 2.75) is 75.3 Å². The lowest BCUT2D eigenvalue weighted by atomic mass is 10.0. The van der Waals surface area contributed by atoms with E-state index >= 15 is 0 Å². The fraction of sp³-hybridized carbons (Fsp3) is 0.424. The number of hydrogen-bond acceptors (Lipinski definition) is 9. The van der Waals surface area contributed by atoms with Gasteiger partial charge in [0, 0.05) is 29.3 Å². The fourth-order valence-corrected chi connectivity index (χ4v) is 5.36. The third kappa shape index (κ3) is 11.1. The molecule has 1 heterocycles. The Labute approximate surface area is 284 Å². The van der Waals surface area contributed by atoms with Crippen LogP contribution in [0.2, 0.25) is 0 Å². The number of aliphatic hydroxyl groups is 1. The number of benzene rings is 2. The second-order valence-corrected chi connectivity index (χ2v) is 11.9. The van der Waals surface area contributed by atoms with E-state index in [1.54, 1.807) is 36.5 Å². The standard InChI is InChI=1S/C33H45N7O7S/c1-19(41)28(32(45)38-26(15-20-9-3-2-4-10-20)31(44)39-27(18-48)33(46)47)40-30(43)25(13-7-8-14-34)37-29(42)23(35)16-21-17-36-24-12-6-5-11-22(21)24/h2-6,9-12,17,19,23,25-28,36,41,48H,7-8,13-16,18,34-35H2,1H3,(H,37,42)(H,38,45)(H,39,44)(H,40,43)(H,46,47)/t19-,23+,25+,26+,27+,28+/m1/s1. The second-order valence-electron chi connectivity index (χ2n) is 11.6. The first-order valence-corrected chi connectivity index (χ1v) is 16.4. The van der Waals surface area contributed by atoms with Gasteiger partial charge in [0.25, 0.3) is 0 Å². The number of aromatic nitrogens is 1. The summed E-state index contributed by atoms with van der Waals surface area (Å²) in [4.78, 5) is 68.0. The van der Waals surface area contributed by atoms with Crippen molar-refractivity contribution in [3.05, 3.63) is 71.9 Å². The summed E-state index contributed by atoms with van der Waals surface area (Å²) in [6.07, 6.45) is 1.79. The number of carbonyl (C=O) groups excluding carboxylic acids is 4. The monoisotopic (exact) mass is 683 g/mol. The van der Waals surface area contributed by atoms with Gasteiger partial charge < -0.3 is 47.9 Å². The van der Waals surface area contributed by atoms with E-state index in [2.05, 4.69) is 38.9 Å². The number of aromatic amines is 1. The van der Waals surface area contributed by atoms with Gasteiger partial charge in [-0.15, -0.1) is 0 Å². The molecule has 0 radical (unpaired) electrons. The third-order valence-corrected chi connectivity index (χ3v) is 8.17. The van der Waals surface area contributed by atoms with Gasteiger partial charge in [-0.25, -0.2) is 4.79 Å². The van der Waals surface area contributed by atoms with E-state index in [9.17, 15) is 34.2 Å². The number of nitrogens with one attached hydrogen (secondary N) is 5. The molecule has 0 bridgehead atoms. The Morgan fingerprint density at radius 2 is 1.44 bits per heavy atom. The predicted octanol–water partition coefficient (Wildman–Crippen LogP) is -0.256. The Bertz CT molecular complexity index is 1530. The second kappa shape index (κ2) is 18.8. The summed E-state index contributed by atoms with van der Waals surface area (Å²) in [7, 11) is 0. The highest BCUT2D eigenvalue weighted by atomic mass is 32.1. The minimum absolute atomic E-state index is 0.0100. The first kappa shape index (κ1) is 38.0. The van der Waals surface area contributed by atoms with Crippen LogP contribution in [0.15, 0.2) is 60.8 Å². The van der Waals surface area contributed by atoms with Crippen LogP contribution in [0.1, 0.15) is 37.3 Å². The van der Waals surface area contributed by atoms with Crippen molar-refractivity contribution in [2.75, 3.05) is 12.3 Å². The molecule has 48 heavy (non-hydrogen) atoms. The van der Waals surface area contributed by atoms with Crippen molar-refractivity contribution in [3.8, 4) is 0 Å². The maximum absolute atomic E-state index is 13.5. The summed E-state index contributed by atoms with van der Waals surface area (Å²) in [6.45, 7) is 1.65. The molecule has 0 spiro atoms. The number of para-hydroxylation sites is 1. The van der Waals surface area contributed by atoms with Crippen LogP contribution in [-0.4, -0.2) is 93.4 Å². The van der Waals surface area contributed by atoms with Crippen molar-refractivity contribution in [1.82, 2.24) is 26.3 Å². The molecule has 0 aliphatic carbocycles. The lowest BCUT2D eigenvalue weighted by Gasteiger charge is -2.27. The van der Waals surface area contributed by atoms with Crippen LogP contribution in [0.5, 0.6) is 0 Å². The summed E-state index contributed by atoms with van der Waals surface area (Å²) in [6, 6.07) is 10.1. The van der Waals surface area contributed by atoms with Crippen LogP contribution in [0.4, 0.5) is 0 Å². The van der Waals surface area contributed by atoms with Crippen LogP contribution in [0.25, 0.3) is 10.9 Å². The topological polar surface area (TPSA) is 242 Å². The number of hydrogen-bond donors (Lipinski definition) is 10. The van der Waals surface area contributed by atoms with Gasteiger partial charge in [0.2, 0.25) is 23.6 Å². The minimum Gasteiger partial charge on any atom is -0.480 e. The average molecular weight is 684 g/mol. The summed E-state index contributed by atoms with van der Waals surface area (Å²) in [5.74, 6) is -4.51. The molecule has 14 nitrogen and oxygen atoms in total. The fourth-order valence-electron chi connectivity index (χ4n) is 5.11. The molecule has 0 aliphatic heterocycles. The van der Waals surface area contributed by atoms with Crippen molar-refractivity contribution in [3.63, 3.8) is 0 Å². The van der Waals surface area contributed by atoms with E-state index in [0.29, 0.717) is 24.9 Å². The number of carboxylic acid groups (broad SMARTS) is 1. The molecule has 0 saturated carbocycles. The van der Waals surface area contributed by atoms with Crippen molar-refractivity contribution in [1.29, 1.82) is 0 Å². The Kier molecular flexibility index (Phi) is 14.9. The first-order valence-electron chi connectivity index (χ1n) is 15.7. The zero-order valence-electron chi connectivity index (χ0n) is 26.7. The SMILES string of the molecule is C[C@@H](O)[C@H](NC(=O)[C@H](CCCCN)NC(=O)[C@@H](N)Cc1c[nH]c2ccccc12)C(=O)N[C@@H](Cc1ccccc1)C(=O)N[C@@H](CS)C(=O)O. The van der Waals surface area contributed by atoms with Crippen molar-refractivity contribution >= 4 is 53.1 Å². The predicted molar refractivity (Wildman–Crippen MR) is 184 cm³/mol. The molecule has 0 unspecified atom stereocenters. The van der Waals surface area contributed by atoms with Crippen LogP contribution in [0.3, 0.4) is 0 Å². The number of aliphatic hydroxyl groups excluding tert-OH is 1. The molecule has 6 atom stereocenters. The number of thiol groups is 1. The lowest BCUT2D eigenvalue weighted by molar-refractivity contribution is -0.141. The van der Waals surface area contributed by atoms with Gasteiger partial charge in [-0.3, -0.25) is 19.2 Å². The number of H-pyrrole nitrogens is 1. The van der Waals surface area contributed by atoms with E-state index in [0.717, 1.165) is 16.5 Å². The van der Waals surface area contributed by atoms with Gasteiger partial charge >= 0.3 is 5.97 Å². The maximum atomic E-state index is 13.5. The van der Waals surface area contributed by atoms with Crippen LogP contribution < -0.4 is 32.7 Å². The van der Waals surface area contributed by atoms with Gasteiger partial charge in [-0.05, 0) is 56.3 Å². The van der Waals surface area contributed by atoms with Gasteiger partial charge in [-0.2, -0.15) is 12.6 Å². The van der Waals surface area contributed by atoms with Crippen LogP contribution >= 0.6 is 12.6 Å². The number of amides is 4. The molecule has 3 rings (SSSR count). The summed E-state index contributed by atoms with van der Waals surface area (Å²) in [5, 5.41) is 30.9. The number of fused-ring (bicyclic) bond motifs is 1.